The van der Waals surface area contributed by atoms with Crippen molar-refractivity contribution in [2.45, 2.75) is 26.6 Å². The van der Waals surface area contributed by atoms with Crippen LogP contribution in [0, 0.1) is 0 Å². The maximum atomic E-state index is 4.70. The molecule has 0 aliphatic heterocycles. The molecule has 0 atom stereocenters. The van der Waals surface area contributed by atoms with Crippen LogP contribution in [0.5, 0.6) is 0 Å². The van der Waals surface area contributed by atoms with E-state index in [-0.39, 0.29) is 0 Å². The molecule has 0 saturated carbocycles. The third-order valence-electron chi connectivity index (χ3n) is 3.54. The Bertz CT molecular complexity index is 710. The van der Waals surface area contributed by atoms with Gasteiger partial charge in [0.2, 0.25) is 0 Å². The Labute approximate surface area is 118 Å². The minimum Gasteiger partial charge on any atom is -0.337 e. The molecule has 5 nitrogen and oxygen atoms in total. The van der Waals surface area contributed by atoms with Crippen molar-refractivity contribution in [3.05, 3.63) is 48.3 Å². The zero-order chi connectivity index (χ0) is 13.9. The second kappa shape index (κ2) is 5.46. The quantitative estimate of drug-likeness (QED) is 0.771. The Kier molecular flexibility index (Phi) is 3.52. The molecule has 0 amide bonds. The first-order chi connectivity index (χ1) is 9.79. The lowest BCUT2D eigenvalue weighted by Crippen LogP contribution is -2.18. The Morgan fingerprint density at radius 3 is 2.70 bits per heavy atom. The van der Waals surface area contributed by atoms with Gasteiger partial charge in [-0.25, -0.2) is 9.97 Å². The van der Waals surface area contributed by atoms with E-state index in [0.717, 1.165) is 36.8 Å². The summed E-state index contributed by atoms with van der Waals surface area (Å²) in [5.74, 6) is 2.10. The highest BCUT2D eigenvalue weighted by Crippen LogP contribution is 2.15. The Morgan fingerprint density at radius 2 is 1.95 bits per heavy atom. The molecule has 1 aromatic carbocycles. The van der Waals surface area contributed by atoms with E-state index in [1.165, 1.54) is 5.52 Å². The van der Waals surface area contributed by atoms with Crippen LogP contribution in [-0.4, -0.2) is 19.1 Å². The summed E-state index contributed by atoms with van der Waals surface area (Å²) in [5, 5.41) is 3.41. The summed E-state index contributed by atoms with van der Waals surface area (Å²) < 4.78 is 4.27. The fourth-order valence-electron chi connectivity index (χ4n) is 2.47. The fourth-order valence-corrected chi connectivity index (χ4v) is 2.47. The van der Waals surface area contributed by atoms with Crippen molar-refractivity contribution in [3.8, 4) is 0 Å². The average Bonchev–Trinajstić information content (AvgIpc) is 3.02. The lowest BCUT2D eigenvalue weighted by Gasteiger charge is -2.07. The van der Waals surface area contributed by atoms with E-state index in [9.17, 15) is 0 Å². The van der Waals surface area contributed by atoms with Gasteiger partial charge in [-0.2, -0.15) is 0 Å². The van der Waals surface area contributed by atoms with E-state index in [2.05, 4.69) is 40.0 Å². The SMILES string of the molecule is CCn1c(CNCc2nccn2C)nc2ccccc21. The number of para-hydroxylation sites is 2. The fraction of sp³-hybridized carbons (Fsp3) is 0.333. The molecular formula is C15H19N5. The molecule has 104 valence electrons. The summed E-state index contributed by atoms with van der Waals surface area (Å²) in [4.78, 5) is 9.00. The number of aromatic nitrogens is 4. The molecule has 20 heavy (non-hydrogen) atoms. The van der Waals surface area contributed by atoms with Crippen molar-refractivity contribution >= 4 is 11.0 Å². The Morgan fingerprint density at radius 1 is 1.15 bits per heavy atom. The maximum Gasteiger partial charge on any atom is 0.123 e. The minimum atomic E-state index is 0.745. The number of imidazole rings is 2. The standard InChI is InChI=1S/C15H19N5/c1-3-20-13-7-5-4-6-12(13)18-15(20)11-16-10-14-17-8-9-19(14)2/h4-9,16H,3,10-11H2,1-2H3. The van der Waals surface area contributed by atoms with Gasteiger partial charge in [-0.15, -0.1) is 0 Å². The number of nitrogens with one attached hydrogen (secondary N) is 1. The number of fused-ring (bicyclic) bond motifs is 1. The number of rotatable bonds is 5. The Balaban J connectivity index is 1.75. The van der Waals surface area contributed by atoms with Crippen LogP contribution in [-0.2, 0) is 26.7 Å². The van der Waals surface area contributed by atoms with E-state index in [0.29, 0.717) is 0 Å². The van der Waals surface area contributed by atoms with E-state index >= 15 is 0 Å². The molecule has 2 heterocycles. The molecule has 3 rings (SSSR count). The van der Waals surface area contributed by atoms with Gasteiger partial charge < -0.3 is 14.5 Å². The first-order valence-corrected chi connectivity index (χ1v) is 6.90. The third kappa shape index (κ3) is 2.32. The number of hydrogen-bond acceptors (Lipinski definition) is 3. The van der Waals surface area contributed by atoms with Crippen molar-refractivity contribution in [2.75, 3.05) is 0 Å². The van der Waals surface area contributed by atoms with Crippen LogP contribution in [0.1, 0.15) is 18.6 Å². The highest BCUT2D eigenvalue weighted by atomic mass is 15.1. The monoisotopic (exact) mass is 269 g/mol. The van der Waals surface area contributed by atoms with Crippen molar-refractivity contribution < 1.29 is 0 Å². The lowest BCUT2D eigenvalue weighted by molar-refractivity contribution is 0.594. The first-order valence-electron chi connectivity index (χ1n) is 6.90. The largest absolute Gasteiger partial charge is 0.337 e. The molecule has 0 saturated heterocycles. The smallest absolute Gasteiger partial charge is 0.123 e. The predicted molar refractivity (Wildman–Crippen MR) is 79.2 cm³/mol. The van der Waals surface area contributed by atoms with Gasteiger partial charge >= 0.3 is 0 Å². The average molecular weight is 269 g/mol. The van der Waals surface area contributed by atoms with Crippen LogP contribution in [0.25, 0.3) is 11.0 Å². The molecule has 3 aromatic rings. The van der Waals surface area contributed by atoms with E-state index in [1.54, 1.807) is 0 Å². The van der Waals surface area contributed by atoms with Gasteiger partial charge in [-0.3, -0.25) is 0 Å². The zero-order valence-electron chi connectivity index (χ0n) is 11.9. The molecule has 2 aromatic heterocycles. The van der Waals surface area contributed by atoms with E-state index in [4.69, 9.17) is 4.98 Å². The number of hydrogen-bond donors (Lipinski definition) is 1. The highest BCUT2D eigenvalue weighted by Gasteiger charge is 2.08. The molecule has 0 aliphatic rings. The Hall–Kier alpha value is -2.14. The summed E-state index contributed by atoms with van der Waals surface area (Å²) in [6.07, 6.45) is 3.77. The maximum absolute atomic E-state index is 4.70. The number of benzene rings is 1. The topological polar surface area (TPSA) is 47.7 Å². The summed E-state index contributed by atoms with van der Waals surface area (Å²) in [6.45, 7) is 4.57. The van der Waals surface area contributed by atoms with Crippen molar-refractivity contribution in [1.29, 1.82) is 0 Å². The highest BCUT2D eigenvalue weighted by molar-refractivity contribution is 5.75. The van der Waals surface area contributed by atoms with Gasteiger partial charge in [0.25, 0.3) is 0 Å². The normalized spacial score (nSPS) is 11.3. The summed E-state index contributed by atoms with van der Waals surface area (Å²) in [5.41, 5.74) is 2.26. The van der Waals surface area contributed by atoms with Gasteiger partial charge in [0.1, 0.15) is 11.6 Å². The van der Waals surface area contributed by atoms with Gasteiger partial charge in [-0.05, 0) is 19.1 Å². The molecular weight excluding hydrogens is 250 g/mol. The molecule has 0 spiro atoms. The van der Waals surface area contributed by atoms with Crippen LogP contribution in [0.2, 0.25) is 0 Å². The second-order valence-electron chi connectivity index (χ2n) is 4.82. The second-order valence-corrected chi connectivity index (χ2v) is 4.82. The van der Waals surface area contributed by atoms with Crippen LogP contribution in [0.15, 0.2) is 36.7 Å². The molecule has 0 unspecified atom stereocenters. The van der Waals surface area contributed by atoms with E-state index < -0.39 is 0 Å². The minimum absolute atomic E-state index is 0.745. The molecule has 0 radical (unpaired) electrons. The summed E-state index contributed by atoms with van der Waals surface area (Å²) in [7, 11) is 2.01. The van der Waals surface area contributed by atoms with Crippen molar-refractivity contribution in [2.24, 2.45) is 7.05 Å². The zero-order valence-corrected chi connectivity index (χ0v) is 11.9. The summed E-state index contributed by atoms with van der Waals surface area (Å²) in [6, 6.07) is 8.26. The van der Waals surface area contributed by atoms with Crippen molar-refractivity contribution in [1.82, 2.24) is 24.4 Å². The molecule has 0 fully saturated rings. The van der Waals surface area contributed by atoms with Crippen LogP contribution < -0.4 is 5.32 Å². The first kappa shape index (κ1) is 12.9. The van der Waals surface area contributed by atoms with Gasteiger partial charge in [0, 0.05) is 26.0 Å². The van der Waals surface area contributed by atoms with Crippen LogP contribution in [0.3, 0.4) is 0 Å². The molecule has 1 N–H and O–H groups in total. The third-order valence-corrected chi connectivity index (χ3v) is 3.54. The number of aryl methyl sites for hydroxylation is 2. The van der Waals surface area contributed by atoms with Gasteiger partial charge in [-0.1, -0.05) is 12.1 Å². The van der Waals surface area contributed by atoms with E-state index in [1.807, 2.05) is 30.1 Å². The lowest BCUT2D eigenvalue weighted by atomic mass is 10.3. The van der Waals surface area contributed by atoms with Crippen LogP contribution in [0.4, 0.5) is 0 Å². The van der Waals surface area contributed by atoms with Gasteiger partial charge in [0.15, 0.2) is 0 Å². The molecule has 0 bridgehead atoms. The predicted octanol–water partition coefficient (Wildman–Crippen LogP) is 2.08. The van der Waals surface area contributed by atoms with Crippen LogP contribution >= 0.6 is 0 Å². The molecule has 5 heteroatoms. The van der Waals surface area contributed by atoms with Crippen molar-refractivity contribution in [3.63, 3.8) is 0 Å². The number of nitrogens with zero attached hydrogens (tertiary/aromatic N) is 4. The summed E-state index contributed by atoms with van der Waals surface area (Å²) >= 11 is 0. The molecule has 0 aliphatic carbocycles. The van der Waals surface area contributed by atoms with Gasteiger partial charge in [0.05, 0.1) is 24.1 Å².